The van der Waals surface area contributed by atoms with Gasteiger partial charge in [0.25, 0.3) is 5.69 Å². The van der Waals surface area contributed by atoms with Gasteiger partial charge in [-0.2, -0.15) is 5.26 Å². The number of amides is 1. The van der Waals surface area contributed by atoms with Crippen LogP contribution in [0.5, 0.6) is 5.75 Å². The summed E-state index contributed by atoms with van der Waals surface area (Å²) in [5.74, 6) is 0.361. The Morgan fingerprint density at radius 1 is 1.36 bits per heavy atom. The van der Waals surface area contributed by atoms with E-state index >= 15 is 0 Å². The van der Waals surface area contributed by atoms with Gasteiger partial charge in [0.05, 0.1) is 29.0 Å². The molecule has 1 unspecified atom stereocenters. The van der Waals surface area contributed by atoms with Crippen LogP contribution in [-0.2, 0) is 4.79 Å². The maximum atomic E-state index is 13.0. The molecule has 0 bridgehead atoms. The number of hydrogen-bond acceptors (Lipinski definition) is 6. The molecule has 0 radical (unpaired) electrons. The fourth-order valence-corrected chi connectivity index (χ4v) is 3.44. The lowest BCUT2D eigenvalue weighted by atomic mass is 10.1. The van der Waals surface area contributed by atoms with E-state index in [2.05, 4.69) is 5.32 Å². The van der Waals surface area contributed by atoms with Crippen molar-refractivity contribution < 1.29 is 14.5 Å². The van der Waals surface area contributed by atoms with Crippen molar-refractivity contribution in [1.82, 2.24) is 0 Å². The van der Waals surface area contributed by atoms with Gasteiger partial charge in [-0.15, -0.1) is 0 Å². The van der Waals surface area contributed by atoms with Crippen molar-refractivity contribution in [2.24, 2.45) is 0 Å². The first-order valence-corrected chi connectivity index (χ1v) is 8.85. The number of nitro benzene ring substituents is 1. The monoisotopic (exact) mass is 380 g/mol. The van der Waals surface area contributed by atoms with Gasteiger partial charge in [-0.1, -0.05) is 6.07 Å². The van der Waals surface area contributed by atoms with Gasteiger partial charge in [0.15, 0.2) is 0 Å². The molecule has 1 heterocycles. The molecule has 2 aromatic carbocycles. The minimum atomic E-state index is -0.539. The van der Waals surface area contributed by atoms with Crippen molar-refractivity contribution in [2.45, 2.75) is 25.8 Å². The van der Waals surface area contributed by atoms with E-state index in [0.29, 0.717) is 30.1 Å². The topological polar surface area (TPSA) is 108 Å². The second kappa shape index (κ2) is 7.96. The number of ether oxygens (including phenoxy) is 1. The van der Waals surface area contributed by atoms with Crippen LogP contribution in [0.2, 0.25) is 0 Å². The van der Waals surface area contributed by atoms with Gasteiger partial charge >= 0.3 is 0 Å². The van der Waals surface area contributed by atoms with Crippen molar-refractivity contribution in [3.63, 3.8) is 0 Å². The van der Waals surface area contributed by atoms with Gasteiger partial charge in [0.2, 0.25) is 5.91 Å². The Balaban J connectivity index is 1.87. The molecule has 1 amide bonds. The molecule has 1 N–H and O–H groups in total. The van der Waals surface area contributed by atoms with Gasteiger partial charge in [0, 0.05) is 18.7 Å². The second-order valence-electron chi connectivity index (χ2n) is 6.61. The highest BCUT2D eigenvalue weighted by molar-refractivity contribution is 5.98. The fraction of sp³-hybridized carbons (Fsp3) is 0.300. The lowest BCUT2D eigenvalue weighted by molar-refractivity contribution is -0.384. The van der Waals surface area contributed by atoms with Crippen molar-refractivity contribution in [3.8, 4) is 11.8 Å². The van der Waals surface area contributed by atoms with E-state index in [4.69, 9.17) is 4.74 Å². The van der Waals surface area contributed by atoms with E-state index in [-0.39, 0.29) is 17.2 Å². The van der Waals surface area contributed by atoms with Crippen molar-refractivity contribution in [1.29, 1.82) is 5.26 Å². The lowest BCUT2D eigenvalue weighted by Gasteiger charge is -2.27. The van der Waals surface area contributed by atoms with Gasteiger partial charge in [-0.25, -0.2) is 0 Å². The van der Waals surface area contributed by atoms with E-state index in [1.165, 1.54) is 25.3 Å². The third-order valence-corrected chi connectivity index (χ3v) is 4.79. The van der Waals surface area contributed by atoms with E-state index in [0.717, 1.165) is 12.0 Å². The van der Waals surface area contributed by atoms with Crippen LogP contribution in [0.25, 0.3) is 0 Å². The van der Waals surface area contributed by atoms with Crippen LogP contribution in [-0.4, -0.2) is 30.5 Å². The standard InChI is InChI=1S/C20H20N4O4/c1-13-5-8-19(28-2)16(10-13)22-20(25)18-4-3-9-23(18)17-7-6-15(24(26)27)11-14(17)12-21/h5-8,10-11,18H,3-4,9H2,1-2H3,(H,22,25). The predicted octanol–water partition coefficient (Wildman–Crippen LogP) is 3.39. The number of hydrogen-bond donors (Lipinski definition) is 1. The molecule has 1 aliphatic heterocycles. The molecule has 144 valence electrons. The summed E-state index contributed by atoms with van der Waals surface area (Å²) in [5.41, 5.74) is 2.14. The van der Waals surface area contributed by atoms with Crippen molar-refractivity contribution >= 4 is 23.0 Å². The molecule has 8 nitrogen and oxygen atoms in total. The quantitative estimate of drug-likeness (QED) is 0.629. The summed E-state index contributed by atoms with van der Waals surface area (Å²) in [5, 5.41) is 23.3. The largest absolute Gasteiger partial charge is 0.495 e. The van der Waals surface area contributed by atoms with Crippen LogP contribution in [0.1, 0.15) is 24.0 Å². The number of non-ortho nitro benzene ring substituents is 1. The fourth-order valence-electron chi connectivity index (χ4n) is 3.44. The van der Waals surface area contributed by atoms with Crippen LogP contribution in [0.4, 0.5) is 17.1 Å². The number of carbonyl (C=O) groups is 1. The lowest BCUT2D eigenvalue weighted by Crippen LogP contribution is -2.40. The first-order valence-electron chi connectivity index (χ1n) is 8.85. The Hall–Kier alpha value is -3.60. The Morgan fingerprint density at radius 3 is 2.82 bits per heavy atom. The van der Waals surface area contributed by atoms with E-state index < -0.39 is 11.0 Å². The Kier molecular flexibility index (Phi) is 5.45. The number of anilines is 2. The van der Waals surface area contributed by atoms with E-state index in [9.17, 15) is 20.2 Å². The SMILES string of the molecule is COc1ccc(C)cc1NC(=O)C1CCCN1c1ccc([N+](=O)[O-])cc1C#N. The minimum Gasteiger partial charge on any atom is -0.495 e. The molecule has 0 aliphatic carbocycles. The number of benzene rings is 2. The first kappa shape index (κ1) is 19.2. The molecule has 1 aliphatic rings. The zero-order chi connectivity index (χ0) is 20.3. The molecule has 3 rings (SSSR count). The number of rotatable bonds is 5. The average molecular weight is 380 g/mol. The van der Waals surface area contributed by atoms with Crippen LogP contribution >= 0.6 is 0 Å². The van der Waals surface area contributed by atoms with Crippen LogP contribution in [0, 0.1) is 28.4 Å². The average Bonchev–Trinajstić information content (AvgIpc) is 3.17. The van der Waals surface area contributed by atoms with Gasteiger partial charge in [-0.05, 0) is 43.5 Å². The summed E-state index contributed by atoms with van der Waals surface area (Å²) in [4.78, 5) is 25.2. The number of carbonyl (C=O) groups excluding carboxylic acids is 1. The summed E-state index contributed by atoms with van der Waals surface area (Å²) in [6, 6.07) is 11.2. The second-order valence-corrected chi connectivity index (χ2v) is 6.61. The predicted molar refractivity (Wildman–Crippen MR) is 105 cm³/mol. The number of methoxy groups -OCH3 is 1. The number of nitrogens with zero attached hydrogens (tertiary/aromatic N) is 3. The third kappa shape index (κ3) is 3.74. The third-order valence-electron chi connectivity index (χ3n) is 4.79. The van der Waals surface area contributed by atoms with E-state index in [1.54, 1.807) is 6.07 Å². The Bertz CT molecular complexity index is 967. The molecule has 0 aromatic heterocycles. The summed E-state index contributed by atoms with van der Waals surface area (Å²) in [6.07, 6.45) is 1.41. The molecular formula is C20H20N4O4. The van der Waals surface area contributed by atoms with Crippen LogP contribution in [0.3, 0.4) is 0 Å². The number of nitro groups is 1. The first-order chi connectivity index (χ1) is 13.4. The molecule has 0 spiro atoms. The zero-order valence-corrected chi connectivity index (χ0v) is 15.6. The number of nitrogens with one attached hydrogen (secondary N) is 1. The maximum absolute atomic E-state index is 13.0. The summed E-state index contributed by atoms with van der Waals surface area (Å²) in [6.45, 7) is 2.52. The zero-order valence-electron chi connectivity index (χ0n) is 15.6. The molecular weight excluding hydrogens is 360 g/mol. The van der Waals surface area contributed by atoms with Gasteiger partial charge in [-0.3, -0.25) is 14.9 Å². The molecule has 1 saturated heterocycles. The van der Waals surface area contributed by atoms with E-state index in [1.807, 2.05) is 30.0 Å². The van der Waals surface area contributed by atoms with Gasteiger partial charge in [0.1, 0.15) is 17.9 Å². The van der Waals surface area contributed by atoms with Crippen molar-refractivity contribution in [3.05, 3.63) is 57.6 Å². The summed E-state index contributed by atoms with van der Waals surface area (Å²) >= 11 is 0. The van der Waals surface area contributed by atoms with Crippen LogP contribution in [0.15, 0.2) is 36.4 Å². The molecule has 28 heavy (non-hydrogen) atoms. The Labute approximate surface area is 162 Å². The minimum absolute atomic E-state index is 0.148. The Morgan fingerprint density at radius 2 is 2.14 bits per heavy atom. The van der Waals surface area contributed by atoms with Crippen LogP contribution < -0.4 is 15.0 Å². The number of aryl methyl sites for hydroxylation is 1. The molecule has 1 atom stereocenters. The highest BCUT2D eigenvalue weighted by Crippen LogP contribution is 2.32. The molecule has 0 saturated carbocycles. The van der Waals surface area contributed by atoms with Crippen molar-refractivity contribution in [2.75, 3.05) is 23.9 Å². The summed E-state index contributed by atoms with van der Waals surface area (Å²) < 4.78 is 5.31. The maximum Gasteiger partial charge on any atom is 0.270 e. The highest BCUT2D eigenvalue weighted by Gasteiger charge is 2.33. The molecule has 8 heteroatoms. The molecule has 2 aromatic rings. The normalized spacial score (nSPS) is 15.8. The highest BCUT2D eigenvalue weighted by atomic mass is 16.6. The van der Waals surface area contributed by atoms with Gasteiger partial charge < -0.3 is 15.0 Å². The number of nitriles is 1. The summed E-state index contributed by atoms with van der Waals surface area (Å²) in [7, 11) is 1.54. The molecule has 1 fully saturated rings. The smallest absolute Gasteiger partial charge is 0.270 e.